The molecule has 3 N–H and O–H groups in total. The lowest BCUT2D eigenvalue weighted by Gasteiger charge is -2.12. The second kappa shape index (κ2) is 5.77. The third-order valence-electron chi connectivity index (χ3n) is 2.70. The molecule has 0 bridgehead atoms. The van der Waals surface area contributed by atoms with Crippen LogP contribution in [0.2, 0.25) is 5.02 Å². The molecule has 1 atom stereocenters. The fourth-order valence-corrected chi connectivity index (χ4v) is 3.26. The van der Waals surface area contributed by atoms with E-state index >= 15 is 0 Å². The molecule has 0 saturated carbocycles. The van der Waals surface area contributed by atoms with Crippen LogP contribution < -0.4 is 11.1 Å². The van der Waals surface area contributed by atoms with Gasteiger partial charge in [-0.3, -0.25) is 4.79 Å². The molecule has 0 spiro atoms. The first kappa shape index (κ1) is 14.1. The zero-order valence-corrected chi connectivity index (χ0v) is 12.3. The van der Waals surface area contributed by atoms with Crippen molar-refractivity contribution in [2.24, 2.45) is 0 Å². The summed E-state index contributed by atoms with van der Waals surface area (Å²) in [5, 5.41) is 4.16. The van der Waals surface area contributed by atoms with Crippen molar-refractivity contribution in [2.75, 3.05) is 19.5 Å². The summed E-state index contributed by atoms with van der Waals surface area (Å²) in [4.78, 5) is 12.6. The molecule has 0 aliphatic heterocycles. The van der Waals surface area contributed by atoms with Gasteiger partial charge in [-0.05, 0) is 19.1 Å². The predicted octanol–water partition coefficient (Wildman–Crippen LogP) is 2.90. The molecular formula is C13H15ClN2O2S. The number of nitrogens with one attached hydrogen (secondary N) is 1. The van der Waals surface area contributed by atoms with Crippen LogP contribution in [-0.4, -0.2) is 25.7 Å². The minimum Gasteiger partial charge on any atom is -0.397 e. The van der Waals surface area contributed by atoms with E-state index in [0.717, 1.165) is 10.1 Å². The van der Waals surface area contributed by atoms with Gasteiger partial charge < -0.3 is 15.8 Å². The normalized spacial score (nSPS) is 12.6. The summed E-state index contributed by atoms with van der Waals surface area (Å²) in [7, 11) is 1.59. The van der Waals surface area contributed by atoms with Crippen molar-refractivity contribution in [1.82, 2.24) is 5.32 Å². The summed E-state index contributed by atoms with van der Waals surface area (Å²) in [6.45, 7) is 2.33. The average molecular weight is 299 g/mol. The van der Waals surface area contributed by atoms with E-state index in [0.29, 0.717) is 22.2 Å². The maximum atomic E-state index is 12.2. The molecule has 19 heavy (non-hydrogen) atoms. The van der Waals surface area contributed by atoms with E-state index in [1.807, 2.05) is 19.1 Å². The van der Waals surface area contributed by atoms with Gasteiger partial charge in [0.2, 0.25) is 0 Å². The van der Waals surface area contributed by atoms with Gasteiger partial charge in [-0.2, -0.15) is 0 Å². The Balaban J connectivity index is 2.33. The lowest BCUT2D eigenvalue weighted by Crippen LogP contribution is -2.35. The fraction of sp³-hybridized carbons (Fsp3) is 0.308. The monoisotopic (exact) mass is 298 g/mol. The molecule has 1 unspecified atom stereocenters. The molecule has 4 nitrogen and oxygen atoms in total. The second-order valence-corrected chi connectivity index (χ2v) is 5.75. The number of carbonyl (C=O) groups excluding carboxylic acids is 1. The number of anilines is 1. The van der Waals surface area contributed by atoms with Gasteiger partial charge in [-0.25, -0.2) is 0 Å². The first-order valence-corrected chi connectivity index (χ1v) is 7.00. The molecule has 2 aromatic rings. The van der Waals surface area contributed by atoms with Crippen molar-refractivity contribution in [3.8, 4) is 0 Å². The van der Waals surface area contributed by atoms with E-state index in [4.69, 9.17) is 22.1 Å². The van der Waals surface area contributed by atoms with Gasteiger partial charge >= 0.3 is 0 Å². The lowest BCUT2D eigenvalue weighted by molar-refractivity contribution is 0.0910. The Morgan fingerprint density at radius 3 is 2.95 bits per heavy atom. The third-order valence-corrected chi connectivity index (χ3v) is 4.19. The Morgan fingerprint density at radius 2 is 2.32 bits per heavy atom. The van der Waals surface area contributed by atoms with E-state index in [1.165, 1.54) is 11.3 Å². The second-order valence-electron chi connectivity index (χ2n) is 4.29. The van der Waals surface area contributed by atoms with Gasteiger partial charge in [0.1, 0.15) is 4.88 Å². The molecule has 1 aromatic heterocycles. The van der Waals surface area contributed by atoms with Gasteiger partial charge in [0.25, 0.3) is 5.91 Å². The van der Waals surface area contributed by atoms with Crippen molar-refractivity contribution in [3.63, 3.8) is 0 Å². The molecule has 0 fully saturated rings. The van der Waals surface area contributed by atoms with Crippen molar-refractivity contribution in [1.29, 1.82) is 0 Å². The highest BCUT2D eigenvalue weighted by atomic mass is 35.5. The smallest absolute Gasteiger partial charge is 0.263 e. The number of nitrogens with two attached hydrogens (primary N) is 1. The number of fused-ring (bicyclic) bond motifs is 1. The largest absolute Gasteiger partial charge is 0.397 e. The van der Waals surface area contributed by atoms with E-state index in [2.05, 4.69) is 5.32 Å². The van der Waals surface area contributed by atoms with Crippen LogP contribution in [-0.2, 0) is 4.74 Å². The van der Waals surface area contributed by atoms with Crippen LogP contribution in [0.3, 0.4) is 0 Å². The topological polar surface area (TPSA) is 64.3 Å². The number of hydrogen-bond donors (Lipinski definition) is 2. The minimum atomic E-state index is -0.195. The number of amides is 1. The molecule has 0 radical (unpaired) electrons. The molecule has 0 saturated heterocycles. The summed E-state index contributed by atoms with van der Waals surface area (Å²) in [6.07, 6.45) is 0. The van der Waals surface area contributed by atoms with Gasteiger partial charge in [0, 0.05) is 23.2 Å². The summed E-state index contributed by atoms with van der Waals surface area (Å²) in [6, 6.07) is 5.44. The maximum Gasteiger partial charge on any atom is 0.263 e. The van der Waals surface area contributed by atoms with Crippen molar-refractivity contribution in [2.45, 2.75) is 13.0 Å². The summed E-state index contributed by atoms with van der Waals surface area (Å²) in [5.74, 6) is -0.195. The fourth-order valence-electron chi connectivity index (χ4n) is 1.88. The number of methoxy groups -OCH3 is 1. The minimum absolute atomic E-state index is 0.0717. The van der Waals surface area contributed by atoms with Crippen LogP contribution in [0, 0.1) is 0 Å². The van der Waals surface area contributed by atoms with E-state index in [9.17, 15) is 4.79 Å². The van der Waals surface area contributed by atoms with Crippen LogP contribution >= 0.6 is 22.9 Å². The molecule has 6 heteroatoms. The zero-order chi connectivity index (χ0) is 14.0. The Bertz CT molecular complexity index is 612. The first-order chi connectivity index (χ1) is 9.04. The van der Waals surface area contributed by atoms with Gasteiger partial charge in [-0.15, -0.1) is 11.3 Å². The molecule has 1 amide bonds. The third kappa shape index (κ3) is 2.83. The number of ether oxygens (including phenoxy) is 1. The number of nitrogen functional groups attached to an aromatic ring is 1. The highest BCUT2D eigenvalue weighted by Gasteiger charge is 2.19. The Kier molecular flexibility index (Phi) is 4.29. The number of hydrogen-bond acceptors (Lipinski definition) is 4. The van der Waals surface area contributed by atoms with Gasteiger partial charge in [-0.1, -0.05) is 17.7 Å². The summed E-state index contributed by atoms with van der Waals surface area (Å²) < 4.78 is 5.90. The van der Waals surface area contributed by atoms with Crippen LogP contribution in [0.25, 0.3) is 10.1 Å². The number of thiophene rings is 1. The lowest BCUT2D eigenvalue weighted by atomic mass is 10.2. The quantitative estimate of drug-likeness (QED) is 0.912. The average Bonchev–Trinajstić information content (AvgIpc) is 2.68. The van der Waals surface area contributed by atoms with E-state index in [1.54, 1.807) is 13.2 Å². The van der Waals surface area contributed by atoms with Crippen molar-refractivity contribution < 1.29 is 9.53 Å². The zero-order valence-electron chi connectivity index (χ0n) is 10.7. The Labute approximate surface area is 120 Å². The highest BCUT2D eigenvalue weighted by Crippen LogP contribution is 2.37. The van der Waals surface area contributed by atoms with Crippen molar-refractivity contribution in [3.05, 3.63) is 28.1 Å². The van der Waals surface area contributed by atoms with Crippen LogP contribution in [0.4, 0.5) is 5.69 Å². The molecule has 1 aromatic carbocycles. The molecule has 0 aliphatic carbocycles. The van der Waals surface area contributed by atoms with Crippen molar-refractivity contribution >= 4 is 44.6 Å². The van der Waals surface area contributed by atoms with E-state index in [-0.39, 0.29) is 11.9 Å². The summed E-state index contributed by atoms with van der Waals surface area (Å²) in [5.41, 5.74) is 6.46. The van der Waals surface area contributed by atoms with Crippen LogP contribution in [0.15, 0.2) is 18.2 Å². The van der Waals surface area contributed by atoms with Gasteiger partial charge in [0.15, 0.2) is 0 Å². The maximum absolute atomic E-state index is 12.2. The first-order valence-electron chi connectivity index (χ1n) is 5.81. The molecule has 102 valence electrons. The molecule has 2 rings (SSSR count). The SMILES string of the molecule is COCC(C)NC(=O)c1sc2cccc(Cl)c2c1N. The molecular weight excluding hydrogens is 284 g/mol. The van der Waals surface area contributed by atoms with E-state index < -0.39 is 0 Å². The molecule has 0 aliphatic rings. The predicted molar refractivity (Wildman–Crippen MR) is 80.1 cm³/mol. The van der Waals surface area contributed by atoms with Crippen LogP contribution in [0.1, 0.15) is 16.6 Å². The van der Waals surface area contributed by atoms with Crippen LogP contribution in [0.5, 0.6) is 0 Å². The standard InChI is InChI=1S/C13H15ClN2O2S/c1-7(6-18-2)16-13(17)12-11(15)10-8(14)4-3-5-9(10)19-12/h3-5,7H,6,15H2,1-2H3,(H,16,17). The Hall–Kier alpha value is -1.30. The number of benzene rings is 1. The van der Waals surface area contributed by atoms with Gasteiger partial charge in [0.05, 0.1) is 17.3 Å². The molecule has 1 heterocycles. The number of carbonyl (C=O) groups is 1. The Morgan fingerprint density at radius 1 is 1.58 bits per heavy atom. The summed E-state index contributed by atoms with van der Waals surface area (Å²) >= 11 is 7.45. The number of halogens is 1. The highest BCUT2D eigenvalue weighted by molar-refractivity contribution is 7.21. The number of rotatable bonds is 4.